The molecule has 5 nitrogen and oxygen atoms in total. The third-order valence-corrected chi connectivity index (χ3v) is 7.16. The Bertz CT molecular complexity index is 1330. The lowest BCUT2D eigenvalue weighted by molar-refractivity contribution is -0.115. The topological polar surface area (TPSA) is 52.7 Å². The first-order chi connectivity index (χ1) is 18.6. The monoisotopic (exact) mass is 523 g/mol. The van der Waals surface area contributed by atoms with Crippen molar-refractivity contribution in [3.8, 4) is 0 Å². The second-order valence-electron chi connectivity index (χ2n) is 9.45. The van der Waals surface area contributed by atoms with Gasteiger partial charge in [-0.3, -0.25) is 14.5 Å². The van der Waals surface area contributed by atoms with Gasteiger partial charge < -0.3 is 10.2 Å². The summed E-state index contributed by atoms with van der Waals surface area (Å²) in [6.07, 6.45) is 0.207. The number of para-hydroxylation sites is 1. The first-order valence-corrected chi connectivity index (χ1v) is 13.2. The van der Waals surface area contributed by atoms with Gasteiger partial charge >= 0.3 is 0 Å². The predicted molar refractivity (Wildman–Crippen MR) is 152 cm³/mol. The Morgan fingerprint density at radius 1 is 0.711 bits per heavy atom. The maximum atomic E-state index is 13.6. The van der Waals surface area contributed by atoms with Gasteiger partial charge in [0.1, 0.15) is 0 Å². The van der Waals surface area contributed by atoms with E-state index in [9.17, 15) is 9.59 Å². The van der Waals surface area contributed by atoms with Crippen LogP contribution in [0.15, 0.2) is 109 Å². The number of anilines is 1. The Labute approximate surface area is 228 Å². The molecule has 0 bridgehead atoms. The molecule has 2 amide bonds. The molecule has 5 rings (SSSR count). The van der Waals surface area contributed by atoms with Gasteiger partial charge in [-0.2, -0.15) is 0 Å². The summed E-state index contributed by atoms with van der Waals surface area (Å²) in [5.74, 6) is -0.242. The third kappa shape index (κ3) is 6.13. The van der Waals surface area contributed by atoms with Gasteiger partial charge in [-0.05, 0) is 41.0 Å². The van der Waals surface area contributed by atoms with E-state index in [1.165, 1.54) is 11.1 Å². The first kappa shape index (κ1) is 25.7. The zero-order valence-electron chi connectivity index (χ0n) is 21.1. The Balaban J connectivity index is 1.26. The number of halogens is 1. The summed E-state index contributed by atoms with van der Waals surface area (Å²) < 4.78 is 0. The number of nitrogens with zero attached hydrogens (tertiary/aromatic N) is 2. The molecule has 1 aliphatic rings. The highest BCUT2D eigenvalue weighted by atomic mass is 35.5. The summed E-state index contributed by atoms with van der Waals surface area (Å²) in [7, 11) is 0. The lowest BCUT2D eigenvalue weighted by atomic mass is 9.96. The van der Waals surface area contributed by atoms with Crippen molar-refractivity contribution in [3.05, 3.63) is 136 Å². The summed E-state index contributed by atoms with van der Waals surface area (Å²) in [5, 5.41) is 3.56. The summed E-state index contributed by atoms with van der Waals surface area (Å²) in [6.45, 7) is 2.74. The van der Waals surface area contributed by atoms with Gasteiger partial charge in [0.05, 0.1) is 23.7 Å². The minimum absolute atomic E-state index is 0.0667. The number of hydrogen-bond acceptors (Lipinski definition) is 3. The summed E-state index contributed by atoms with van der Waals surface area (Å²) >= 11 is 5.95. The average molecular weight is 524 g/mol. The van der Waals surface area contributed by atoms with Crippen LogP contribution in [0.4, 0.5) is 5.69 Å². The molecule has 0 aromatic heterocycles. The number of piperazine rings is 1. The van der Waals surface area contributed by atoms with Crippen LogP contribution >= 0.6 is 11.6 Å². The molecule has 1 heterocycles. The van der Waals surface area contributed by atoms with Gasteiger partial charge in [-0.25, -0.2) is 0 Å². The molecule has 38 heavy (non-hydrogen) atoms. The highest BCUT2D eigenvalue weighted by Gasteiger charge is 2.29. The molecule has 1 N–H and O–H groups in total. The van der Waals surface area contributed by atoms with Gasteiger partial charge in [-0.1, -0.05) is 96.5 Å². The Morgan fingerprint density at radius 3 is 1.87 bits per heavy atom. The number of hydrogen-bond donors (Lipinski definition) is 1. The van der Waals surface area contributed by atoms with E-state index in [1.807, 2.05) is 41.3 Å². The molecular formula is C32H30ClN3O2. The average Bonchev–Trinajstić information content (AvgIpc) is 2.96. The van der Waals surface area contributed by atoms with Gasteiger partial charge in [0.15, 0.2) is 0 Å². The number of carbonyl (C=O) groups is 2. The fraction of sp³-hybridized carbons (Fsp3) is 0.188. The van der Waals surface area contributed by atoms with E-state index in [1.54, 1.807) is 24.3 Å². The van der Waals surface area contributed by atoms with Crippen LogP contribution in [0.3, 0.4) is 0 Å². The van der Waals surface area contributed by atoms with E-state index < -0.39 is 0 Å². The standard InChI is InChI=1S/C32H30ClN3O2/c33-27-17-15-24(16-18-27)23-30(37)34-29-14-8-7-13-28(29)32(38)36-21-19-35(20-22-36)31(25-9-3-1-4-10-25)26-11-5-2-6-12-26/h1-18,31H,19-23H2,(H,34,37). The number of benzene rings is 4. The molecule has 0 saturated carbocycles. The van der Waals surface area contributed by atoms with Crippen LogP contribution in [-0.2, 0) is 11.2 Å². The maximum Gasteiger partial charge on any atom is 0.256 e. The molecule has 0 radical (unpaired) electrons. The normalized spacial score (nSPS) is 13.9. The second kappa shape index (κ2) is 12.1. The fourth-order valence-electron chi connectivity index (χ4n) is 5.00. The molecule has 0 spiro atoms. The molecular weight excluding hydrogens is 494 g/mol. The van der Waals surface area contributed by atoms with E-state index in [-0.39, 0.29) is 24.3 Å². The SMILES string of the molecule is O=C(Cc1ccc(Cl)cc1)Nc1ccccc1C(=O)N1CCN(C(c2ccccc2)c2ccccc2)CC1. The number of amides is 2. The van der Waals surface area contributed by atoms with Crippen molar-refractivity contribution in [2.24, 2.45) is 0 Å². The molecule has 1 fully saturated rings. The second-order valence-corrected chi connectivity index (χ2v) is 9.89. The zero-order chi connectivity index (χ0) is 26.3. The highest BCUT2D eigenvalue weighted by Crippen LogP contribution is 2.30. The minimum atomic E-state index is -0.175. The van der Waals surface area contributed by atoms with Gasteiger partial charge in [0, 0.05) is 31.2 Å². The predicted octanol–water partition coefficient (Wildman–Crippen LogP) is 6.07. The van der Waals surface area contributed by atoms with Crippen molar-refractivity contribution >= 4 is 29.1 Å². The number of nitrogens with one attached hydrogen (secondary N) is 1. The van der Waals surface area contributed by atoms with E-state index >= 15 is 0 Å². The number of rotatable bonds is 7. The van der Waals surface area contributed by atoms with Crippen LogP contribution in [-0.4, -0.2) is 47.8 Å². The molecule has 0 atom stereocenters. The van der Waals surface area contributed by atoms with Crippen molar-refractivity contribution in [2.75, 3.05) is 31.5 Å². The van der Waals surface area contributed by atoms with Crippen molar-refractivity contribution in [3.63, 3.8) is 0 Å². The number of carbonyl (C=O) groups excluding carboxylic acids is 2. The zero-order valence-corrected chi connectivity index (χ0v) is 21.9. The lowest BCUT2D eigenvalue weighted by Crippen LogP contribution is -2.50. The maximum absolute atomic E-state index is 13.6. The minimum Gasteiger partial charge on any atom is -0.336 e. The molecule has 1 saturated heterocycles. The molecule has 4 aromatic rings. The third-order valence-electron chi connectivity index (χ3n) is 6.91. The molecule has 1 aliphatic heterocycles. The Hall–Kier alpha value is -3.93. The van der Waals surface area contributed by atoms with E-state index in [0.717, 1.165) is 18.7 Å². The van der Waals surface area contributed by atoms with Crippen molar-refractivity contribution in [2.45, 2.75) is 12.5 Å². The Morgan fingerprint density at radius 2 is 1.26 bits per heavy atom. The van der Waals surface area contributed by atoms with Gasteiger partial charge in [0.25, 0.3) is 5.91 Å². The summed E-state index contributed by atoms with van der Waals surface area (Å²) in [5.41, 5.74) is 4.39. The molecule has 192 valence electrons. The first-order valence-electron chi connectivity index (χ1n) is 12.8. The van der Waals surface area contributed by atoms with Crippen LogP contribution in [0.2, 0.25) is 5.02 Å². The molecule has 0 unspecified atom stereocenters. The summed E-state index contributed by atoms with van der Waals surface area (Å²) in [4.78, 5) is 30.6. The molecule has 0 aliphatic carbocycles. The largest absolute Gasteiger partial charge is 0.336 e. The van der Waals surface area contributed by atoms with Crippen LogP contribution < -0.4 is 5.32 Å². The Kier molecular flexibility index (Phi) is 8.17. The van der Waals surface area contributed by atoms with Crippen LogP contribution in [0.1, 0.15) is 33.1 Å². The fourth-order valence-corrected chi connectivity index (χ4v) is 5.12. The quantitative estimate of drug-likeness (QED) is 0.320. The van der Waals surface area contributed by atoms with E-state index in [4.69, 9.17) is 11.6 Å². The van der Waals surface area contributed by atoms with E-state index in [0.29, 0.717) is 29.4 Å². The van der Waals surface area contributed by atoms with Crippen molar-refractivity contribution < 1.29 is 9.59 Å². The van der Waals surface area contributed by atoms with Crippen molar-refractivity contribution in [1.29, 1.82) is 0 Å². The molecule has 4 aromatic carbocycles. The van der Waals surface area contributed by atoms with Crippen molar-refractivity contribution in [1.82, 2.24) is 9.80 Å². The highest BCUT2D eigenvalue weighted by molar-refractivity contribution is 6.30. The lowest BCUT2D eigenvalue weighted by Gasteiger charge is -2.40. The van der Waals surface area contributed by atoms with Crippen LogP contribution in [0.25, 0.3) is 0 Å². The summed E-state index contributed by atoms with van der Waals surface area (Å²) in [6, 6.07) is 35.6. The van der Waals surface area contributed by atoms with Crippen LogP contribution in [0.5, 0.6) is 0 Å². The smallest absolute Gasteiger partial charge is 0.256 e. The van der Waals surface area contributed by atoms with Gasteiger partial charge in [0.2, 0.25) is 5.91 Å². The van der Waals surface area contributed by atoms with E-state index in [2.05, 4.69) is 58.7 Å². The van der Waals surface area contributed by atoms with Crippen LogP contribution in [0, 0.1) is 0 Å². The van der Waals surface area contributed by atoms with Gasteiger partial charge in [-0.15, -0.1) is 0 Å². The molecule has 6 heteroatoms.